The maximum atomic E-state index is 11.7. The maximum absolute atomic E-state index is 11.7. The Balaban J connectivity index is 2.94. The molecule has 0 amide bonds. The van der Waals surface area contributed by atoms with Crippen molar-refractivity contribution in [3.05, 3.63) is 34.4 Å². The lowest BCUT2D eigenvalue weighted by atomic mass is 10.3. The first-order valence-electron chi connectivity index (χ1n) is 4.40. The van der Waals surface area contributed by atoms with Gasteiger partial charge in [0.25, 0.3) is 5.56 Å². The van der Waals surface area contributed by atoms with Crippen LogP contribution in [0.4, 0.5) is 0 Å². The SMILES string of the molecule is Cn1ccc2c(cc(C(=O)O)n2C)c1=O. The standard InChI is InChI=1S/C10H10N2O3/c1-11-4-3-7-6(9(11)13)5-8(10(14)15)12(7)2/h3-5H,1-2H3,(H,14,15). The summed E-state index contributed by atoms with van der Waals surface area (Å²) in [7, 11) is 3.26. The fourth-order valence-corrected chi connectivity index (χ4v) is 1.64. The van der Waals surface area contributed by atoms with E-state index in [9.17, 15) is 9.59 Å². The van der Waals surface area contributed by atoms with Gasteiger partial charge in [-0.2, -0.15) is 0 Å². The molecule has 0 fully saturated rings. The number of aromatic nitrogens is 2. The highest BCUT2D eigenvalue weighted by Gasteiger charge is 2.13. The van der Waals surface area contributed by atoms with Crippen molar-refractivity contribution in [1.29, 1.82) is 0 Å². The Morgan fingerprint density at radius 2 is 2.07 bits per heavy atom. The Hall–Kier alpha value is -2.04. The van der Waals surface area contributed by atoms with Crippen LogP contribution in [0.15, 0.2) is 23.1 Å². The number of nitrogens with zero attached hydrogens (tertiary/aromatic N) is 2. The summed E-state index contributed by atoms with van der Waals surface area (Å²) >= 11 is 0. The largest absolute Gasteiger partial charge is 0.477 e. The van der Waals surface area contributed by atoms with Crippen molar-refractivity contribution in [3.8, 4) is 0 Å². The predicted molar refractivity (Wildman–Crippen MR) is 55.1 cm³/mol. The molecule has 0 aliphatic carbocycles. The molecule has 0 aliphatic rings. The number of hydrogen-bond donors (Lipinski definition) is 1. The molecule has 78 valence electrons. The Morgan fingerprint density at radius 3 is 2.67 bits per heavy atom. The predicted octanol–water partition coefficient (Wildman–Crippen LogP) is 0.575. The summed E-state index contributed by atoms with van der Waals surface area (Å²) in [5, 5.41) is 9.33. The van der Waals surface area contributed by atoms with Crippen LogP contribution in [0.3, 0.4) is 0 Å². The molecule has 2 rings (SSSR count). The van der Waals surface area contributed by atoms with E-state index in [-0.39, 0.29) is 11.3 Å². The fourth-order valence-electron chi connectivity index (χ4n) is 1.64. The quantitative estimate of drug-likeness (QED) is 0.742. The van der Waals surface area contributed by atoms with Gasteiger partial charge in [0.15, 0.2) is 0 Å². The second kappa shape index (κ2) is 2.98. The van der Waals surface area contributed by atoms with E-state index in [0.717, 1.165) is 0 Å². The van der Waals surface area contributed by atoms with Crippen LogP contribution in [0.25, 0.3) is 10.9 Å². The van der Waals surface area contributed by atoms with E-state index in [1.165, 1.54) is 15.2 Å². The molecule has 0 radical (unpaired) electrons. The molecule has 0 spiro atoms. The lowest BCUT2D eigenvalue weighted by Crippen LogP contribution is -2.14. The summed E-state index contributed by atoms with van der Waals surface area (Å²) in [4.78, 5) is 22.5. The third-order valence-electron chi connectivity index (χ3n) is 2.51. The second-order valence-electron chi connectivity index (χ2n) is 3.42. The molecule has 0 aliphatic heterocycles. The van der Waals surface area contributed by atoms with Crippen molar-refractivity contribution in [1.82, 2.24) is 9.13 Å². The Kier molecular flexibility index (Phi) is 1.89. The topological polar surface area (TPSA) is 64.2 Å². The van der Waals surface area contributed by atoms with Crippen molar-refractivity contribution in [2.24, 2.45) is 14.1 Å². The zero-order valence-electron chi connectivity index (χ0n) is 8.39. The number of pyridine rings is 1. The first-order chi connectivity index (χ1) is 7.02. The van der Waals surface area contributed by atoms with E-state index >= 15 is 0 Å². The van der Waals surface area contributed by atoms with E-state index in [1.807, 2.05) is 0 Å². The van der Waals surface area contributed by atoms with Gasteiger partial charge in [-0.1, -0.05) is 0 Å². The lowest BCUT2D eigenvalue weighted by Gasteiger charge is -1.99. The van der Waals surface area contributed by atoms with Gasteiger partial charge in [-0.25, -0.2) is 4.79 Å². The van der Waals surface area contributed by atoms with Crippen molar-refractivity contribution in [2.75, 3.05) is 0 Å². The molecule has 0 bridgehead atoms. The number of aromatic carboxylic acids is 1. The smallest absolute Gasteiger partial charge is 0.352 e. The highest BCUT2D eigenvalue weighted by molar-refractivity contribution is 5.94. The number of carboxylic acid groups (broad SMARTS) is 1. The normalized spacial score (nSPS) is 10.8. The molecule has 15 heavy (non-hydrogen) atoms. The van der Waals surface area contributed by atoms with Gasteiger partial charge < -0.3 is 14.2 Å². The molecular weight excluding hydrogens is 196 g/mol. The van der Waals surface area contributed by atoms with Crippen molar-refractivity contribution in [2.45, 2.75) is 0 Å². The fraction of sp³-hybridized carbons (Fsp3) is 0.200. The number of carbonyl (C=O) groups is 1. The Bertz CT molecular complexity index is 607. The Labute approximate surface area is 85.2 Å². The average Bonchev–Trinajstić information content (AvgIpc) is 2.51. The van der Waals surface area contributed by atoms with Gasteiger partial charge in [0.2, 0.25) is 0 Å². The molecule has 2 aromatic rings. The average molecular weight is 206 g/mol. The summed E-state index contributed by atoms with van der Waals surface area (Å²) in [6, 6.07) is 3.13. The molecule has 0 saturated carbocycles. The monoisotopic (exact) mass is 206 g/mol. The molecule has 2 aromatic heterocycles. The van der Waals surface area contributed by atoms with Crippen LogP contribution in [0, 0.1) is 0 Å². The van der Waals surface area contributed by atoms with Crippen LogP contribution in [-0.2, 0) is 14.1 Å². The van der Waals surface area contributed by atoms with Crippen LogP contribution >= 0.6 is 0 Å². The molecule has 5 nitrogen and oxygen atoms in total. The zero-order chi connectivity index (χ0) is 11.2. The molecule has 5 heteroatoms. The van der Waals surface area contributed by atoms with E-state index < -0.39 is 5.97 Å². The molecule has 1 N–H and O–H groups in total. The van der Waals surface area contributed by atoms with Crippen molar-refractivity contribution >= 4 is 16.9 Å². The Morgan fingerprint density at radius 1 is 1.40 bits per heavy atom. The maximum Gasteiger partial charge on any atom is 0.352 e. The van der Waals surface area contributed by atoms with Crippen molar-refractivity contribution in [3.63, 3.8) is 0 Å². The van der Waals surface area contributed by atoms with Crippen LogP contribution in [-0.4, -0.2) is 20.2 Å². The number of hydrogen-bond acceptors (Lipinski definition) is 2. The first kappa shape index (κ1) is 9.51. The number of fused-ring (bicyclic) bond motifs is 1. The van der Waals surface area contributed by atoms with Gasteiger partial charge in [-0.05, 0) is 12.1 Å². The van der Waals surface area contributed by atoms with Crippen molar-refractivity contribution < 1.29 is 9.90 Å². The minimum absolute atomic E-state index is 0.119. The van der Waals surface area contributed by atoms with Gasteiger partial charge in [-0.3, -0.25) is 4.79 Å². The molecule has 0 aromatic carbocycles. The molecule has 0 saturated heterocycles. The second-order valence-corrected chi connectivity index (χ2v) is 3.42. The summed E-state index contributed by atoms with van der Waals surface area (Å²) in [5.74, 6) is -1.03. The first-order valence-corrected chi connectivity index (χ1v) is 4.40. The summed E-state index contributed by atoms with van der Waals surface area (Å²) < 4.78 is 2.92. The molecular formula is C10H10N2O3. The van der Waals surface area contributed by atoms with E-state index in [2.05, 4.69) is 0 Å². The van der Waals surface area contributed by atoms with Gasteiger partial charge in [-0.15, -0.1) is 0 Å². The van der Waals surface area contributed by atoms with Gasteiger partial charge in [0, 0.05) is 20.3 Å². The van der Waals surface area contributed by atoms with Gasteiger partial charge >= 0.3 is 5.97 Å². The highest BCUT2D eigenvalue weighted by atomic mass is 16.4. The molecule has 0 unspecified atom stereocenters. The minimum atomic E-state index is -1.03. The third-order valence-corrected chi connectivity index (χ3v) is 2.51. The van der Waals surface area contributed by atoms with Crippen LogP contribution in [0.2, 0.25) is 0 Å². The number of carboxylic acids is 1. The third kappa shape index (κ3) is 1.24. The van der Waals surface area contributed by atoms with Gasteiger partial charge in [0.1, 0.15) is 5.69 Å². The summed E-state index contributed by atoms with van der Waals surface area (Å²) in [6.45, 7) is 0. The van der Waals surface area contributed by atoms with E-state index in [4.69, 9.17) is 5.11 Å². The number of aryl methyl sites for hydroxylation is 2. The highest BCUT2D eigenvalue weighted by Crippen LogP contribution is 2.14. The summed E-state index contributed by atoms with van der Waals surface area (Å²) in [6.07, 6.45) is 1.62. The van der Waals surface area contributed by atoms with Gasteiger partial charge in [0.05, 0.1) is 10.9 Å². The number of rotatable bonds is 1. The molecule has 0 atom stereocenters. The zero-order valence-corrected chi connectivity index (χ0v) is 8.39. The molecule has 2 heterocycles. The van der Waals surface area contributed by atoms with E-state index in [1.54, 1.807) is 26.4 Å². The minimum Gasteiger partial charge on any atom is -0.477 e. The van der Waals surface area contributed by atoms with Crippen LogP contribution < -0.4 is 5.56 Å². The summed E-state index contributed by atoms with van der Waals surface area (Å²) in [5.41, 5.74) is 0.569. The van der Waals surface area contributed by atoms with Crippen LogP contribution in [0.5, 0.6) is 0 Å². The van der Waals surface area contributed by atoms with E-state index in [0.29, 0.717) is 10.9 Å². The van der Waals surface area contributed by atoms with Crippen LogP contribution in [0.1, 0.15) is 10.5 Å². The lowest BCUT2D eigenvalue weighted by molar-refractivity contribution is 0.0687.